The molecule has 1 aliphatic rings. The van der Waals surface area contributed by atoms with Gasteiger partial charge in [-0.25, -0.2) is 13.4 Å². The van der Waals surface area contributed by atoms with E-state index < -0.39 is 10.0 Å². The molecule has 1 aromatic rings. The van der Waals surface area contributed by atoms with E-state index in [2.05, 4.69) is 20.8 Å². The Labute approximate surface area is 114 Å². The van der Waals surface area contributed by atoms with Crippen molar-refractivity contribution in [3.63, 3.8) is 0 Å². The second-order valence-electron chi connectivity index (χ2n) is 4.11. The molecule has 1 saturated heterocycles. The van der Waals surface area contributed by atoms with Crippen LogP contribution in [0.3, 0.4) is 0 Å². The number of piperidine rings is 1. The van der Waals surface area contributed by atoms with Crippen LogP contribution in [0.5, 0.6) is 0 Å². The van der Waals surface area contributed by atoms with Crippen LogP contribution < -0.4 is 4.83 Å². The van der Waals surface area contributed by atoms with E-state index in [0.717, 1.165) is 34.6 Å². The van der Waals surface area contributed by atoms with Gasteiger partial charge in [-0.3, -0.25) is 0 Å². The Morgan fingerprint density at radius 3 is 2.53 bits per heavy atom. The Hall–Kier alpha value is 0.0500. The number of nitrogens with zero attached hydrogens (tertiary/aromatic N) is 1. The van der Waals surface area contributed by atoms with E-state index in [0.29, 0.717) is 4.90 Å². The van der Waals surface area contributed by atoms with Crippen molar-refractivity contribution >= 4 is 37.3 Å². The van der Waals surface area contributed by atoms with E-state index in [-0.39, 0.29) is 0 Å². The predicted octanol–water partition coefficient (Wildman–Crippen LogP) is 2.50. The molecule has 96 valence electrons. The molecule has 0 aromatic carbocycles. The van der Waals surface area contributed by atoms with Crippen LogP contribution in [0.15, 0.2) is 14.7 Å². The van der Waals surface area contributed by atoms with Gasteiger partial charge >= 0.3 is 0 Å². The van der Waals surface area contributed by atoms with Crippen LogP contribution in [0.25, 0.3) is 0 Å². The summed E-state index contributed by atoms with van der Waals surface area (Å²) in [5, 5.41) is 1.80. The lowest BCUT2D eigenvalue weighted by Crippen LogP contribution is -2.44. The molecule has 7 heteroatoms. The number of halogens is 1. The number of hydrogen-bond acceptors (Lipinski definition) is 4. The maximum absolute atomic E-state index is 12.2. The van der Waals surface area contributed by atoms with Crippen molar-refractivity contribution in [1.82, 2.24) is 9.84 Å². The van der Waals surface area contributed by atoms with Crippen LogP contribution in [0.1, 0.15) is 24.1 Å². The minimum atomic E-state index is -3.41. The number of aryl methyl sites for hydroxylation is 1. The zero-order valence-corrected chi connectivity index (χ0v) is 12.8. The van der Waals surface area contributed by atoms with Gasteiger partial charge in [0, 0.05) is 18.0 Å². The molecular formula is C10H15BrN2O2S2. The van der Waals surface area contributed by atoms with Crippen molar-refractivity contribution in [2.24, 2.45) is 0 Å². The largest absolute Gasteiger partial charge is 0.254 e. The first-order valence-electron chi connectivity index (χ1n) is 5.52. The third-order valence-electron chi connectivity index (χ3n) is 2.74. The summed E-state index contributed by atoms with van der Waals surface area (Å²) in [4.78, 5) is 3.84. The SMILES string of the molecule is Cc1sc(Br)cc1S(=O)(=O)NN1CCCCC1. The number of hydrazine groups is 1. The van der Waals surface area contributed by atoms with Crippen molar-refractivity contribution in [3.05, 3.63) is 14.7 Å². The highest BCUT2D eigenvalue weighted by molar-refractivity contribution is 9.11. The van der Waals surface area contributed by atoms with E-state index in [1.165, 1.54) is 17.8 Å². The van der Waals surface area contributed by atoms with Gasteiger partial charge in [0.1, 0.15) is 0 Å². The Balaban J connectivity index is 2.15. The Bertz CT molecular complexity index is 492. The van der Waals surface area contributed by atoms with Crippen LogP contribution in [0.4, 0.5) is 0 Å². The zero-order valence-electron chi connectivity index (χ0n) is 9.57. The molecule has 1 aromatic heterocycles. The molecule has 0 bridgehead atoms. The smallest absolute Gasteiger partial charge is 0.230 e. The lowest BCUT2D eigenvalue weighted by atomic mass is 10.2. The summed E-state index contributed by atoms with van der Waals surface area (Å²) in [5.41, 5.74) is 0. The number of sulfonamides is 1. The molecule has 1 aliphatic heterocycles. The van der Waals surface area contributed by atoms with E-state index in [4.69, 9.17) is 0 Å². The summed E-state index contributed by atoms with van der Waals surface area (Å²) in [5.74, 6) is 0. The molecule has 1 N–H and O–H groups in total. The minimum Gasteiger partial charge on any atom is -0.230 e. The van der Waals surface area contributed by atoms with E-state index >= 15 is 0 Å². The van der Waals surface area contributed by atoms with Gasteiger partial charge in [0.15, 0.2) is 0 Å². The van der Waals surface area contributed by atoms with Gasteiger partial charge in [-0.15, -0.1) is 16.2 Å². The van der Waals surface area contributed by atoms with Gasteiger partial charge in [-0.1, -0.05) is 6.42 Å². The van der Waals surface area contributed by atoms with E-state index in [9.17, 15) is 8.42 Å². The summed E-state index contributed by atoms with van der Waals surface area (Å²) in [7, 11) is -3.41. The molecule has 2 rings (SSSR count). The van der Waals surface area contributed by atoms with Crippen LogP contribution >= 0.6 is 27.3 Å². The molecule has 4 nitrogen and oxygen atoms in total. The molecule has 0 unspecified atom stereocenters. The molecule has 0 amide bonds. The highest BCUT2D eigenvalue weighted by atomic mass is 79.9. The van der Waals surface area contributed by atoms with E-state index in [1.807, 2.05) is 6.92 Å². The van der Waals surface area contributed by atoms with Crippen molar-refractivity contribution in [3.8, 4) is 0 Å². The van der Waals surface area contributed by atoms with Crippen LogP contribution in [0.2, 0.25) is 0 Å². The minimum absolute atomic E-state index is 0.375. The van der Waals surface area contributed by atoms with Gasteiger partial charge in [0.2, 0.25) is 0 Å². The molecule has 2 heterocycles. The standard InChI is InChI=1S/C10H15BrN2O2S2/c1-8-9(7-10(11)16-8)17(14,15)12-13-5-3-2-4-6-13/h7,12H,2-6H2,1H3. The monoisotopic (exact) mass is 338 g/mol. The predicted molar refractivity (Wildman–Crippen MR) is 72.5 cm³/mol. The fourth-order valence-electron chi connectivity index (χ4n) is 1.90. The lowest BCUT2D eigenvalue weighted by molar-refractivity contribution is 0.200. The zero-order chi connectivity index (χ0) is 12.5. The normalized spacial score (nSPS) is 18.5. The van der Waals surface area contributed by atoms with Gasteiger partial charge in [-0.05, 0) is 41.8 Å². The third kappa shape index (κ3) is 3.29. The Kier molecular flexibility index (Phi) is 4.25. The maximum Gasteiger partial charge on any atom is 0.254 e. The van der Waals surface area contributed by atoms with Gasteiger partial charge < -0.3 is 0 Å². The first kappa shape index (κ1) is 13.5. The molecule has 0 saturated carbocycles. The summed E-state index contributed by atoms with van der Waals surface area (Å²) in [6, 6.07) is 1.66. The average Bonchev–Trinajstić information content (AvgIpc) is 2.59. The first-order chi connectivity index (χ1) is 7.99. The highest BCUT2D eigenvalue weighted by Crippen LogP contribution is 2.29. The average molecular weight is 339 g/mol. The summed E-state index contributed by atoms with van der Waals surface area (Å²) >= 11 is 4.75. The van der Waals surface area contributed by atoms with E-state index in [1.54, 1.807) is 11.1 Å². The van der Waals surface area contributed by atoms with Crippen LogP contribution in [-0.2, 0) is 10.0 Å². The number of rotatable bonds is 3. The number of hydrogen-bond donors (Lipinski definition) is 1. The van der Waals surface area contributed by atoms with Crippen molar-refractivity contribution in [1.29, 1.82) is 0 Å². The summed E-state index contributed by atoms with van der Waals surface area (Å²) in [6.07, 6.45) is 3.28. The third-order valence-corrected chi connectivity index (χ3v) is 5.92. The quantitative estimate of drug-likeness (QED) is 0.921. The molecular weight excluding hydrogens is 324 g/mol. The lowest BCUT2D eigenvalue weighted by Gasteiger charge is -2.26. The molecule has 1 fully saturated rings. The molecule has 0 spiro atoms. The second-order valence-corrected chi connectivity index (χ2v) is 8.38. The van der Waals surface area contributed by atoms with Gasteiger partial charge in [-0.2, -0.15) is 0 Å². The van der Waals surface area contributed by atoms with Crippen LogP contribution in [0, 0.1) is 6.92 Å². The number of thiophene rings is 1. The fraction of sp³-hybridized carbons (Fsp3) is 0.600. The highest BCUT2D eigenvalue weighted by Gasteiger charge is 2.23. The molecule has 0 aliphatic carbocycles. The fourth-order valence-corrected chi connectivity index (χ4v) is 5.44. The Morgan fingerprint density at radius 2 is 2.00 bits per heavy atom. The van der Waals surface area contributed by atoms with Crippen molar-refractivity contribution in [2.75, 3.05) is 13.1 Å². The number of nitrogens with one attached hydrogen (secondary N) is 1. The second kappa shape index (κ2) is 5.36. The Morgan fingerprint density at radius 1 is 1.35 bits per heavy atom. The van der Waals surface area contributed by atoms with Crippen molar-refractivity contribution < 1.29 is 8.42 Å². The van der Waals surface area contributed by atoms with Crippen LogP contribution in [-0.4, -0.2) is 26.5 Å². The molecule has 17 heavy (non-hydrogen) atoms. The summed E-state index contributed by atoms with van der Waals surface area (Å²) in [6.45, 7) is 3.41. The topological polar surface area (TPSA) is 49.4 Å². The molecule has 0 radical (unpaired) electrons. The summed E-state index contributed by atoms with van der Waals surface area (Å²) < 4.78 is 25.2. The van der Waals surface area contributed by atoms with Gasteiger partial charge in [0.25, 0.3) is 10.0 Å². The molecule has 0 atom stereocenters. The van der Waals surface area contributed by atoms with Crippen molar-refractivity contribution in [2.45, 2.75) is 31.1 Å². The van der Waals surface area contributed by atoms with Gasteiger partial charge in [0.05, 0.1) is 8.68 Å². The first-order valence-corrected chi connectivity index (χ1v) is 8.61. The maximum atomic E-state index is 12.2.